The number of hydrogen-bond donors (Lipinski definition) is 0. The largest absolute Gasteiger partial charge is 0.431 e. The van der Waals surface area contributed by atoms with E-state index in [4.69, 9.17) is 16.0 Å². The van der Waals surface area contributed by atoms with Gasteiger partial charge in [-0.25, -0.2) is 4.98 Å². The maximum atomic E-state index is 5.84. The first-order valence-corrected chi connectivity index (χ1v) is 4.43. The topological polar surface area (TPSA) is 38.9 Å². The van der Waals surface area contributed by atoms with E-state index < -0.39 is 0 Å². The zero-order valence-electron chi connectivity index (χ0n) is 6.14. The van der Waals surface area contributed by atoms with Gasteiger partial charge in [0.25, 0.3) is 0 Å². The van der Waals surface area contributed by atoms with E-state index in [0.29, 0.717) is 21.4 Å². The highest BCUT2D eigenvalue weighted by molar-refractivity contribution is 9.10. The Labute approximate surface area is 81.9 Å². The van der Waals surface area contributed by atoms with Crippen LogP contribution in [0.25, 0.3) is 11.1 Å². The third-order valence-corrected chi connectivity index (χ3v) is 2.11. The van der Waals surface area contributed by atoms with Crippen molar-refractivity contribution in [3.63, 3.8) is 0 Å². The fourth-order valence-electron chi connectivity index (χ4n) is 0.957. The van der Waals surface area contributed by atoms with E-state index in [1.165, 1.54) is 0 Å². The molecule has 0 bridgehead atoms. The summed E-state index contributed by atoms with van der Waals surface area (Å²) in [6.07, 6.45) is 0. The van der Waals surface area contributed by atoms with Crippen molar-refractivity contribution in [3.05, 3.63) is 21.7 Å². The first-order valence-electron chi connectivity index (χ1n) is 3.26. The summed E-state index contributed by atoms with van der Waals surface area (Å²) in [7, 11) is 0. The molecule has 0 aliphatic carbocycles. The predicted octanol–water partition coefficient (Wildman–Crippen LogP) is 2.95. The number of aromatic nitrogens is 2. The Bertz CT molecular complexity index is 440. The number of furan rings is 1. The van der Waals surface area contributed by atoms with Gasteiger partial charge < -0.3 is 4.42 Å². The molecule has 0 fully saturated rings. The molecule has 0 N–H and O–H groups in total. The van der Waals surface area contributed by atoms with Crippen LogP contribution in [0.1, 0.15) is 5.82 Å². The highest BCUT2D eigenvalue weighted by Gasteiger charge is 2.08. The second-order valence-electron chi connectivity index (χ2n) is 2.33. The number of hydrogen-bond acceptors (Lipinski definition) is 3. The van der Waals surface area contributed by atoms with Crippen LogP contribution in [0.4, 0.5) is 0 Å². The van der Waals surface area contributed by atoms with Crippen LogP contribution in [0, 0.1) is 6.92 Å². The lowest BCUT2D eigenvalue weighted by atomic mass is 10.4. The minimum Gasteiger partial charge on any atom is -0.431 e. The molecule has 2 aromatic heterocycles. The van der Waals surface area contributed by atoms with Crippen LogP contribution in [0.15, 0.2) is 15.2 Å². The van der Waals surface area contributed by atoms with Gasteiger partial charge >= 0.3 is 0 Å². The molecule has 12 heavy (non-hydrogen) atoms. The summed E-state index contributed by atoms with van der Waals surface area (Å²) in [5.41, 5.74) is 0.513. The quantitative estimate of drug-likeness (QED) is 0.672. The van der Waals surface area contributed by atoms with Gasteiger partial charge in [-0.3, -0.25) is 0 Å². The van der Waals surface area contributed by atoms with E-state index in [1.54, 1.807) is 13.0 Å². The predicted molar refractivity (Wildman–Crippen MR) is 49.3 cm³/mol. The lowest BCUT2D eigenvalue weighted by molar-refractivity contribution is 0.574. The molecule has 0 aromatic carbocycles. The third-order valence-electron chi connectivity index (χ3n) is 1.43. The molecule has 3 nitrogen and oxygen atoms in total. The van der Waals surface area contributed by atoms with Gasteiger partial charge in [-0.2, -0.15) is 4.98 Å². The molecule has 0 unspecified atom stereocenters. The monoisotopic (exact) mass is 246 g/mol. The number of halogens is 2. The molecular formula is C7H4BrClN2O. The highest BCUT2D eigenvalue weighted by atomic mass is 79.9. The molecule has 0 spiro atoms. The standard InChI is InChI=1S/C7H4BrClN2O/c1-3-10-6(9)4-2-5(8)12-7(4)11-3/h2H,1H3. The Morgan fingerprint density at radius 3 is 3.00 bits per heavy atom. The third kappa shape index (κ3) is 1.21. The molecular weight excluding hydrogens is 243 g/mol. The summed E-state index contributed by atoms with van der Waals surface area (Å²) in [6.45, 7) is 1.77. The lowest BCUT2D eigenvalue weighted by Crippen LogP contribution is -1.86. The van der Waals surface area contributed by atoms with Crippen LogP contribution < -0.4 is 0 Å². The van der Waals surface area contributed by atoms with E-state index in [2.05, 4.69) is 25.9 Å². The van der Waals surface area contributed by atoms with E-state index in [0.717, 1.165) is 5.39 Å². The molecule has 0 saturated carbocycles. The molecule has 2 rings (SSSR count). The Hall–Kier alpha value is -0.610. The average molecular weight is 247 g/mol. The number of fused-ring (bicyclic) bond motifs is 1. The fourth-order valence-corrected chi connectivity index (χ4v) is 1.60. The van der Waals surface area contributed by atoms with Crippen LogP contribution >= 0.6 is 27.5 Å². The lowest BCUT2D eigenvalue weighted by Gasteiger charge is -1.92. The number of nitrogens with zero attached hydrogens (tertiary/aromatic N) is 2. The molecule has 62 valence electrons. The minimum absolute atomic E-state index is 0.423. The van der Waals surface area contributed by atoms with Crippen LogP contribution in [-0.4, -0.2) is 9.97 Å². The van der Waals surface area contributed by atoms with Gasteiger partial charge in [-0.1, -0.05) is 11.6 Å². The van der Waals surface area contributed by atoms with Crippen molar-refractivity contribution >= 4 is 38.6 Å². The summed E-state index contributed by atoms with van der Waals surface area (Å²) < 4.78 is 5.82. The second kappa shape index (κ2) is 2.71. The maximum Gasteiger partial charge on any atom is 0.232 e. The molecule has 2 aromatic rings. The van der Waals surface area contributed by atoms with Crippen molar-refractivity contribution in [2.45, 2.75) is 6.92 Å². The molecule has 0 amide bonds. The van der Waals surface area contributed by atoms with Crippen molar-refractivity contribution in [1.29, 1.82) is 0 Å². The minimum atomic E-state index is 0.423. The smallest absolute Gasteiger partial charge is 0.232 e. The molecule has 0 radical (unpaired) electrons. The van der Waals surface area contributed by atoms with E-state index >= 15 is 0 Å². The van der Waals surface area contributed by atoms with Gasteiger partial charge in [0.2, 0.25) is 5.71 Å². The van der Waals surface area contributed by atoms with Gasteiger partial charge in [0.05, 0.1) is 5.39 Å². The summed E-state index contributed by atoms with van der Waals surface area (Å²) in [5.74, 6) is 0.606. The first kappa shape index (κ1) is 8.01. The van der Waals surface area contributed by atoms with E-state index in [-0.39, 0.29) is 0 Å². The zero-order valence-corrected chi connectivity index (χ0v) is 8.48. The highest BCUT2D eigenvalue weighted by Crippen LogP contribution is 2.26. The van der Waals surface area contributed by atoms with Gasteiger partial charge in [-0.05, 0) is 22.9 Å². The van der Waals surface area contributed by atoms with Crippen molar-refractivity contribution in [2.24, 2.45) is 0 Å². The molecule has 0 saturated heterocycles. The summed E-state index contributed by atoms with van der Waals surface area (Å²) >= 11 is 9.03. The molecule has 2 heterocycles. The molecule has 5 heteroatoms. The Kier molecular flexibility index (Phi) is 1.81. The van der Waals surface area contributed by atoms with Crippen molar-refractivity contribution < 1.29 is 4.42 Å². The summed E-state index contributed by atoms with van der Waals surface area (Å²) in [4.78, 5) is 8.05. The zero-order chi connectivity index (χ0) is 8.72. The van der Waals surface area contributed by atoms with Crippen molar-refractivity contribution in [1.82, 2.24) is 9.97 Å². The summed E-state index contributed by atoms with van der Waals surface area (Å²) in [6, 6.07) is 1.75. The van der Waals surface area contributed by atoms with Crippen LogP contribution in [0.2, 0.25) is 5.15 Å². The number of aryl methyl sites for hydroxylation is 1. The van der Waals surface area contributed by atoms with E-state index in [9.17, 15) is 0 Å². The Morgan fingerprint density at radius 1 is 1.50 bits per heavy atom. The van der Waals surface area contributed by atoms with Crippen LogP contribution in [0.3, 0.4) is 0 Å². The van der Waals surface area contributed by atoms with Crippen molar-refractivity contribution in [3.8, 4) is 0 Å². The first-order chi connectivity index (χ1) is 5.66. The van der Waals surface area contributed by atoms with Gasteiger partial charge in [0, 0.05) is 6.07 Å². The van der Waals surface area contributed by atoms with Crippen LogP contribution in [0.5, 0.6) is 0 Å². The normalized spacial score (nSPS) is 10.9. The second-order valence-corrected chi connectivity index (χ2v) is 3.47. The Morgan fingerprint density at radius 2 is 2.25 bits per heavy atom. The van der Waals surface area contributed by atoms with Gasteiger partial charge in [-0.15, -0.1) is 0 Å². The fraction of sp³-hybridized carbons (Fsp3) is 0.143. The van der Waals surface area contributed by atoms with Crippen LogP contribution in [-0.2, 0) is 0 Å². The van der Waals surface area contributed by atoms with Gasteiger partial charge in [0.1, 0.15) is 11.0 Å². The van der Waals surface area contributed by atoms with E-state index in [1.807, 2.05) is 0 Å². The number of rotatable bonds is 0. The Balaban J connectivity index is 2.88. The molecule has 0 aliphatic heterocycles. The molecule has 0 atom stereocenters. The average Bonchev–Trinajstić information content (AvgIpc) is 2.29. The maximum absolute atomic E-state index is 5.84. The molecule has 0 aliphatic rings. The SMILES string of the molecule is Cc1nc(Cl)c2cc(Br)oc2n1. The van der Waals surface area contributed by atoms with Crippen molar-refractivity contribution in [2.75, 3.05) is 0 Å². The summed E-state index contributed by atoms with van der Waals surface area (Å²) in [5, 5.41) is 1.15. The van der Waals surface area contributed by atoms with Gasteiger partial charge in [0.15, 0.2) is 4.67 Å².